The largest absolute Gasteiger partial charge is 0.411 e. The van der Waals surface area contributed by atoms with Crippen molar-refractivity contribution in [2.45, 2.75) is 89.0 Å². The molecule has 0 radical (unpaired) electrons. The molecule has 30 heavy (non-hydrogen) atoms. The summed E-state index contributed by atoms with van der Waals surface area (Å²) in [6.07, 6.45) is 6.84. The smallest absolute Gasteiger partial charge is 0.139 e. The van der Waals surface area contributed by atoms with E-state index >= 15 is 0 Å². The number of ketones is 1. The van der Waals surface area contributed by atoms with Crippen molar-refractivity contribution in [3.63, 3.8) is 0 Å². The molecular weight excluding hydrogens is 382 g/mol. The van der Waals surface area contributed by atoms with E-state index in [4.69, 9.17) is 4.84 Å². The Hall–Kier alpha value is -1.02. The predicted molar refractivity (Wildman–Crippen MR) is 110 cm³/mol. The Bertz CT molecular complexity index is 797. The molecule has 3 unspecified atom stereocenters. The van der Waals surface area contributed by atoms with Crippen LogP contribution in [0.25, 0.3) is 0 Å². The molecule has 2 aliphatic heterocycles. The van der Waals surface area contributed by atoms with Crippen LogP contribution in [0.15, 0.2) is 5.16 Å². The number of fused-ring (bicyclic) bond motifs is 6. The van der Waals surface area contributed by atoms with E-state index in [-0.39, 0.29) is 23.0 Å². The van der Waals surface area contributed by atoms with E-state index in [2.05, 4.69) is 29.4 Å². The minimum atomic E-state index is -1.09. The van der Waals surface area contributed by atoms with Crippen LogP contribution in [0.5, 0.6) is 0 Å². The van der Waals surface area contributed by atoms with Gasteiger partial charge in [-0.25, -0.2) is 0 Å². The summed E-state index contributed by atoms with van der Waals surface area (Å²) in [5.41, 5.74) is -1.12. The minimum absolute atomic E-state index is 0.207. The summed E-state index contributed by atoms with van der Waals surface area (Å²) in [6.45, 7) is 6.27. The summed E-state index contributed by atoms with van der Waals surface area (Å²) in [4.78, 5) is 19.0. The average molecular weight is 418 g/mol. The Morgan fingerprint density at radius 1 is 1.17 bits per heavy atom. The van der Waals surface area contributed by atoms with Crippen molar-refractivity contribution in [3.8, 4) is 0 Å². The maximum Gasteiger partial charge on any atom is 0.139 e. The lowest BCUT2D eigenvalue weighted by Crippen LogP contribution is -2.66. The third-order valence-corrected chi connectivity index (χ3v) is 10.4. The molecule has 3 N–H and O–H groups in total. The van der Waals surface area contributed by atoms with E-state index in [1.165, 1.54) is 0 Å². The molecule has 0 amide bonds. The second-order valence-corrected chi connectivity index (χ2v) is 11.4. The van der Waals surface area contributed by atoms with E-state index < -0.39 is 5.60 Å². The number of Topliss-reactive ketones (excluding diaryl/α,β-unsaturated/α-hetero) is 1. The van der Waals surface area contributed by atoms with E-state index in [0.717, 1.165) is 45.2 Å². The van der Waals surface area contributed by atoms with Gasteiger partial charge in [0.1, 0.15) is 11.4 Å². The lowest BCUT2D eigenvalue weighted by molar-refractivity contribution is -0.150. The highest BCUT2D eigenvalue weighted by Crippen LogP contribution is 2.68. The van der Waals surface area contributed by atoms with Crippen LogP contribution in [-0.2, 0) is 9.63 Å². The molecule has 6 fully saturated rings. The number of carbonyl (C=O) groups is 1. The number of nitrogens with zero attached hydrogens (tertiary/aromatic N) is 2. The van der Waals surface area contributed by atoms with Crippen molar-refractivity contribution in [1.82, 2.24) is 10.4 Å². The summed E-state index contributed by atoms with van der Waals surface area (Å²) < 4.78 is 0. The number of hydrogen-bond donors (Lipinski definition) is 3. The number of hydroxylamine groups is 2. The van der Waals surface area contributed by atoms with E-state index in [9.17, 15) is 15.1 Å². The van der Waals surface area contributed by atoms with Crippen LogP contribution in [0.2, 0.25) is 0 Å². The molecule has 0 spiro atoms. The van der Waals surface area contributed by atoms with Gasteiger partial charge in [-0.2, -0.15) is 5.06 Å². The number of nitrogens with one attached hydrogen (secondary N) is 1. The lowest BCUT2D eigenvalue weighted by Gasteiger charge is -2.62. The minimum Gasteiger partial charge on any atom is -0.411 e. The van der Waals surface area contributed by atoms with Crippen molar-refractivity contribution >= 4 is 11.5 Å². The molecule has 6 rings (SSSR count). The third-order valence-electron chi connectivity index (χ3n) is 10.4. The molecule has 0 aromatic carbocycles. The predicted octanol–water partition coefficient (Wildman–Crippen LogP) is 2.11. The number of carbonyl (C=O) groups excluding carboxylic acids is 1. The van der Waals surface area contributed by atoms with Gasteiger partial charge in [0, 0.05) is 30.2 Å². The monoisotopic (exact) mass is 417 g/mol. The fourth-order valence-corrected chi connectivity index (χ4v) is 8.50. The van der Waals surface area contributed by atoms with Crippen molar-refractivity contribution in [2.24, 2.45) is 33.7 Å². The second-order valence-electron chi connectivity index (χ2n) is 11.4. The van der Waals surface area contributed by atoms with Crippen LogP contribution in [0.4, 0.5) is 0 Å². The van der Waals surface area contributed by atoms with Crippen LogP contribution in [0.1, 0.15) is 65.2 Å². The first-order chi connectivity index (χ1) is 14.3. The quantitative estimate of drug-likeness (QED) is 0.362. The molecule has 7 heteroatoms. The van der Waals surface area contributed by atoms with Crippen LogP contribution in [0.3, 0.4) is 0 Å². The molecule has 166 valence electrons. The molecule has 6 aliphatic rings. The first-order valence-corrected chi connectivity index (χ1v) is 11.9. The van der Waals surface area contributed by atoms with E-state index in [1.54, 1.807) is 0 Å². The maximum absolute atomic E-state index is 12.7. The molecule has 2 heterocycles. The molecular formula is C23H35N3O4. The Labute approximate surface area is 178 Å². The van der Waals surface area contributed by atoms with Gasteiger partial charge in [0.05, 0.1) is 23.9 Å². The maximum atomic E-state index is 12.7. The van der Waals surface area contributed by atoms with Crippen LogP contribution >= 0.6 is 0 Å². The van der Waals surface area contributed by atoms with Crippen LogP contribution < -0.4 is 5.32 Å². The summed E-state index contributed by atoms with van der Waals surface area (Å²) in [7, 11) is 0. The van der Waals surface area contributed by atoms with Crippen molar-refractivity contribution in [3.05, 3.63) is 0 Å². The Balaban J connectivity index is 1.32. The molecule has 0 bridgehead atoms. The van der Waals surface area contributed by atoms with Crippen LogP contribution in [-0.4, -0.2) is 63.8 Å². The van der Waals surface area contributed by atoms with Crippen molar-refractivity contribution in [2.75, 3.05) is 13.1 Å². The fraction of sp³-hybridized carbons (Fsp3) is 0.913. The number of rotatable bonds is 2. The molecule has 2 saturated heterocycles. The topological polar surface area (TPSA) is 94.2 Å². The van der Waals surface area contributed by atoms with Gasteiger partial charge in [0.25, 0.3) is 0 Å². The Morgan fingerprint density at radius 2 is 1.97 bits per heavy atom. The molecule has 7 nitrogen and oxygen atoms in total. The van der Waals surface area contributed by atoms with Gasteiger partial charge in [-0.1, -0.05) is 19.0 Å². The van der Waals surface area contributed by atoms with Crippen molar-refractivity contribution < 1.29 is 19.9 Å². The normalized spacial score (nSPS) is 58.2. The highest BCUT2D eigenvalue weighted by molar-refractivity contribution is 5.95. The highest BCUT2D eigenvalue weighted by atomic mass is 16.7. The van der Waals surface area contributed by atoms with Gasteiger partial charge >= 0.3 is 0 Å². The fourth-order valence-electron chi connectivity index (χ4n) is 8.50. The summed E-state index contributed by atoms with van der Waals surface area (Å²) in [5, 5.41) is 31.2. The zero-order valence-electron chi connectivity index (χ0n) is 18.1. The van der Waals surface area contributed by atoms with Gasteiger partial charge in [-0.05, 0) is 62.8 Å². The van der Waals surface area contributed by atoms with Gasteiger partial charge < -0.3 is 15.6 Å². The zero-order chi connectivity index (χ0) is 20.9. The van der Waals surface area contributed by atoms with Gasteiger partial charge in [0.15, 0.2) is 0 Å². The summed E-state index contributed by atoms with van der Waals surface area (Å²) in [6, 6.07) is 0.548. The SMILES string of the molecule is C[C@]12CC[C@H]3[C@@H](C/C(=N\O)[C@@]4(O)CC5C(C[C@]34C)N5O[C@H]3CCNC3)[C@@H]1CCC2=O. The standard InChI is InChI=1S/C23H35N3O4/c1-21-7-5-16-14(15(21)3-4-20(21)27)9-19(25-29)23(28)11-18-17(10-22(16,23)2)26(18)30-13-6-8-24-12-13/h13-18,24,28-29H,3-12H2,1-2H3/b25-19+/t13-,14-,15-,16-,17?,18?,21-,22+,23-,26?/m0/s1. The van der Waals surface area contributed by atoms with Gasteiger partial charge in [-0.15, -0.1) is 0 Å². The molecule has 0 aromatic rings. The van der Waals surface area contributed by atoms with Crippen molar-refractivity contribution in [1.29, 1.82) is 0 Å². The lowest BCUT2D eigenvalue weighted by atomic mass is 9.43. The zero-order valence-corrected chi connectivity index (χ0v) is 18.1. The highest BCUT2D eigenvalue weighted by Gasteiger charge is 2.72. The van der Waals surface area contributed by atoms with E-state index in [1.807, 2.05) is 0 Å². The third kappa shape index (κ3) is 2.35. The van der Waals surface area contributed by atoms with E-state index in [0.29, 0.717) is 54.6 Å². The molecule has 10 atom stereocenters. The Morgan fingerprint density at radius 3 is 2.70 bits per heavy atom. The average Bonchev–Trinajstić information content (AvgIpc) is 3.06. The first kappa shape index (κ1) is 19.6. The number of aliphatic hydroxyl groups is 1. The summed E-state index contributed by atoms with van der Waals surface area (Å²) in [5.74, 6) is 1.43. The summed E-state index contributed by atoms with van der Waals surface area (Å²) >= 11 is 0. The molecule has 4 saturated carbocycles. The molecule has 4 aliphatic carbocycles. The Kier molecular flexibility index (Phi) is 4.11. The number of hydrogen-bond acceptors (Lipinski definition) is 7. The van der Waals surface area contributed by atoms with Gasteiger partial charge in [-0.3, -0.25) is 9.63 Å². The molecule has 0 aromatic heterocycles. The second kappa shape index (κ2) is 6.27. The first-order valence-electron chi connectivity index (χ1n) is 11.9. The van der Waals surface area contributed by atoms with Crippen LogP contribution in [0, 0.1) is 28.6 Å². The number of oxime groups is 1. The van der Waals surface area contributed by atoms with Gasteiger partial charge in [0.2, 0.25) is 0 Å².